The zero-order chi connectivity index (χ0) is 18.0. The zero-order valence-electron chi connectivity index (χ0n) is 13.0. The monoisotopic (exact) mass is 353 g/mol. The lowest BCUT2D eigenvalue weighted by Crippen LogP contribution is -2.50. The molecule has 0 N–H and O–H groups in total. The van der Waals surface area contributed by atoms with Gasteiger partial charge in [-0.15, -0.1) is 0 Å². The van der Waals surface area contributed by atoms with Crippen molar-refractivity contribution in [1.82, 2.24) is 14.8 Å². The van der Waals surface area contributed by atoms with Crippen LogP contribution in [0.3, 0.4) is 0 Å². The number of pyridine rings is 1. The maximum atomic E-state index is 12.5. The van der Waals surface area contributed by atoms with Gasteiger partial charge in [0.2, 0.25) is 0 Å². The molecule has 0 unspecified atom stereocenters. The number of aromatic nitrogens is 1. The van der Waals surface area contributed by atoms with E-state index in [4.69, 9.17) is 4.42 Å². The van der Waals surface area contributed by atoms with Crippen LogP contribution in [0.5, 0.6) is 0 Å². The molecule has 1 saturated heterocycles. The van der Waals surface area contributed by atoms with Crippen LogP contribution in [0.4, 0.5) is 13.2 Å². The van der Waals surface area contributed by atoms with E-state index in [-0.39, 0.29) is 11.5 Å². The Morgan fingerprint density at radius 3 is 2.00 bits per heavy atom. The fraction of sp³-hybridized carbons (Fsp3) is 0.312. The highest BCUT2D eigenvalue weighted by molar-refractivity contribution is 5.95. The molecule has 6 nitrogen and oxygen atoms in total. The number of carbonyl (C=O) groups is 2. The smallest absolute Gasteiger partial charge is 0.433 e. The number of hydrogen-bond acceptors (Lipinski definition) is 4. The first-order valence-electron chi connectivity index (χ1n) is 7.50. The van der Waals surface area contributed by atoms with Crippen molar-refractivity contribution in [2.24, 2.45) is 0 Å². The van der Waals surface area contributed by atoms with E-state index in [1.807, 2.05) is 0 Å². The van der Waals surface area contributed by atoms with Gasteiger partial charge in [-0.3, -0.25) is 14.6 Å². The van der Waals surface area contributed by atoms with Gasteiger partial charge in [-0.1, -0.05) is 0 Å². The van der Waals surface area contributed by atoms with E-state index < -0.39 is 17.8 Å². The molecule has 9 heteroatoms. The van der Waals surface area contributed by atoms with Crippen molar-refractivity contribution >= 4 is 11.8 Å². The summed E-state index contributed by atoms with van der Waals surface area (Å²) in [5.74, 6) is -0.589. The minimum absolute atomic E-state index is 0.0858. The van der Waals surface area contributed by atoms with Crippen LogP contribution in [-0.4, -0.2) is 52.8 Å². The van der Waals surface area contributed by atoms with Crippen LogP contribution in [0.1, 0.15) is 26.4 Å². The summed E-state index contributed by atoms with van der Waals surface area (Å²) in [6, 6.07) is 3.46. The van der Waals surface area contributed by atoms with Gasteiger partial charge in [0.15, 0.2) is 0 Å². The van der Waals surface area contributed by atoms with Gasteiger partial charge < -0.3 is 14.2 Å². The predicted octanol–water partition coefficient (Wildman–Crippen LogP) is 2.29. The first kappa shape index (κ1) is 17.0. The number of amides is 2. The number of hydrogen-bond donors (Lipinski definition) is 0. The largest absolute Gasteiger partial charge is 0.472 e. The highest BCUT2D eigenvalue weighted by Crippen LogP contribution is 2.27. The molecule has 2 aromatic heterocycles. The molecular formula is C16H14F3N3O3. The molecule has 0 atom stereocenters. The summed E-state index contributed by atoms with van der Waals surface area (Å²) in [5, 5.41) is 0. The maximum absolute atomic E-state index is 12.5. The molecule has 2 aromatic rings. The Balaban J connectivity index is 1.61. The number of halogens is 3. The molecule has 0 saturated carbocycles. The number of furan rings is 1. The Labute approximate surface area is 140 Å². The maximum Gasteiger partial charge on any atom is 0.433 e. The van der Waals surface area contributed by atoms with Crippen molar-refractivity contribution in [2.75, 3.05) is 26.2 Å². The van der Waals surface area contributed by atoms with Gasteiger partial charge in [-0.2, -0.15) is 13.2 Å². The average molecular weight is 353 g/mol. The van der Waals surface area contributed by atoms with E-state index in [0.717, 1.165) is 18.3 Å². The van der Waals surface area contributed by atoms with Gasteiger partial charge in [-0.05, 0) is 18.2 Å². The SMILES string of the molecule is O=C(c1ccc(C(F)(F)F)nc1)N1CCN(C(=O)c2ccoc2)CC1. The summed E-state index contributed by atoms with van der Waals surface area (Å²) in [6.45, 7) is 1.26. The first-order chi connectivity index (χ1) is 11.9. The number of alkyl halides is 3. The fourth-order valence-electron chi connectivity index (χ4n) is 2.55. The standard InChI is InChI=1S/C16H14F3N3O3/c17-16(18,19)13-2-1-11(9-20-13)14(23)21-4-6-22(7-5-21)15(24)12-3-8-25-10-12/h1-3,8-10H,4-7H2. The number of rotatable bonds is 2. The van der Waals surface area contributed by atoms with E-state index in [0.29, 0.717) is 31.7 Å². The molecule has 1 aliphatic rings. The quantitative estimate of drug-likeness (QED) is 0.831. The third-order valence-corrected chi connectivity index (χ3v) is 3.92. The third kappa shape index (κ3) is 3.65. The van der Waals surface area contributed by atoms with Crippen LogP contribution in [0.25, 0.3) is 0 Å². The van der Waals surface area contributed by atoms with E-state index >= 15 is 0 Å². The van der Waals surface area contributed by atoms with Gasteiger partial charge in [-0.25, -0.2) is 0 Å². The van der Waals surface area contributed by atoms with E-state index in [1.165, 1.54) is 17.4 Å². The van der Waals surface area contributed by atoms with E-state index in [2.05, 4.69) is 4.98 Å². The van der Waals surface area contributed by atoms with Gasteiger partial charge in [0.25, 0.3) is 11.8 Å². The Hall–Kier alpha value is -2.84. The van der Waals surface area contributed by atoms with Crippen LogP contribution in [0, 0.1) is 0 Å². The molecule has 3 heterocycles. The molecule has 3 rings (SSSR count). The molecule has 0 radical (unpaired) electrons. The van der Waals surface area contributed by atoms with Crippen molar-refractivity contribution in [2.45, 2.75) is 6.18 Å². The van der Waals surface area contributed by atoms with E-state index in [1.54, 1.807) is 11.0 Å². The zero-order valence-corrected chi connectivity index (χ0v) is 13.0. The highest BCUT2D eigenvalue weighted by Gasteiger charge is 2.33. The second-order valence-electron chi connectivity index (χ2n) is 5.53. The van der Waals surface area contributed by atoms with Crippen molar-refractivity contribution in [3.63, 3.8) is 0 Å². The Kier molecular flexibility index (Phi) is 4.47. The van der Waals surface area contributed by atoms with Crippen LogP contribution in [0.2, 0.25) is 0 Å². The molecule has 0 aliphatic carbocycles. The van der Waals surface area contributed by atoms with Gasteiger partial charge >= 0.3 is 6.18 Å². The van der Waals surface area contributed by atoms with Crippen molar-refractivity contribution < 1.29 is 27.2 Å². The molecule has 132 valence electrons. The number of piperazine rings is 1. The molecular weight excluding hydrogens is 339 g/mol. The molecule has 25 heavy (non-hydrogen) atoms. The van der Waals surface area contributed by atoms with Crippen LogP contribution in [0.15, 0.2) is 41.3 Å². The lowest BCUT2D eigenvalue weighted by Gasteiger charge is -2.34. The fourth-order valence-corrected chi connectivity index (χ4v) is 2.55. The summed E-state index contributed by atoms with van der Waals surface area (Å²) in [5.41, 5.74) is -0.520. The second kappa shape index (κ2) is 6.58. The van der Waals surface area contributed by atoms with Gasteiger partial charge in [0.1, 0.15) is 12.0 Å². The normalized spacial score (nSPS) is 15.3. The molecule has 2 amide bonds. The highest BCUT2D eigenvalue weighted by atomic mass is 19.4. The van der Waals surface area contributed by atoms with E-state index in [9.17, 15) is 22.8 Å². The van der Waals surface area contributed by atoms with Crippen LogP contribution < -0.4 is 0 Å². The first-order valence-corrected chi connectivity index (χ1v) is 7.50. The molecule has 0 spiro atoms. The van der Waals surface area contributed by atoms with Gasteiger partial charge in [0.05, 0.1) is 17.4 Å². The Bertz CT molecular complexity index is 749. The van der Waals surface area contributed by atoms with Crippen molar-refractivity contribution in [3.8, 4) is 0 Å². The summed E-state index contributed by atoms with van der Waals surface area (Å²) in [4.78, 5) is 30.9. The molecule has 1 fully saturated rings. The van der Waals surface area contributed by atoms with Crippen molar-refractivity contribution in [3.05, 3.63) is 53.7 Å². The third-order valence-electron chi connectivity index (χ3n) is 3.92. The predicted molar refractivity (Wildman–Crippen MR) is 79.8 cm³/mol. The lowest BCUT2D eigenvalue weighted by molar-refractivity contribution is -0.141. The lowest BCUT2D eigenvalue weighted by atomic mass is 10.2. The summed E-state index contributed by atoms with van der Waals surface area (Å²) < 4.78 is 42.4. The van der Waals surface area contributed by atoms with Crippen LogP contribution in [-0.2, 0) is 6.18 Å². The minimum Gasteiger partial charge on any atom is -0.472 e. The molecule has 0 aromatic carbocycles. The van der Waals surface area contributed by atoms with Crippen molar-refractivity contribution in [1.29, 1.82) is 0 Å². The summed E-state index contributed by atoms with van der Waals surface area (Å²) >= 11 is 0. The Morgan fingerprint density at radius 1 is 0.960 bits per heavy atom. The average Bonchev–Trinajstić information content (AvgIpc) is 3.14. The topological polar surface area (TPSA) is 66.7 Å². The van der Waals surface area contributed by atoms with Gasteiger partial charge in [0, 0.05) is 32.4 Å². The van der Waals surface area contributed by atoms with Crippen LogP contribution >= 0.6 is 0 Å². The number of nitrogens with zero attached hydrogens (tertiary/aromatic N) is 3. The molecule has 0 bridgehead atoms. The second-order valence-corrected chi connectivity index (χ2v) is 5.53. The summed E-state index contributed by atoms with van der Waals surface area (Å²) in [7, 11) is 0. The number of carbonyl (C=O) groups excluding carboxylic acids is 2. The summed E-state index contributed by atoms with van der Waals surface area (Å²) in [6.07, 6.45) is -0.854. The Morgan fingerprint density at radius 2 is 1.56 bits per heavy atom. The molecule has 1 aliphatic heterocycles. The minimum atomic E-state index is -4.54.